The predicted octanol–water partition coefficient (Wildman–Crippen LogP) is 3.23. The molecule has 26 heavy (non-hydrogen) atoms. The molecule has 4 aromatic rings. The Morgan fingerprint density at radius 2 is 2.08 bits per heavy atom. The normalized spacial score (nSPS) is 16.9. The lowest BCUT2D eigenvalue weighted by atomic mass is 9.89. The molecule has 6 nitrogen and oxygen atoms in total. The van der Waals surface area contributed by atoms with Gasteiger partial charge in [0, 0.05) is 4.88 Å². The van der Waals surface area contributed by atoms with Crippen LogP contribution in [-0.4, -0.2) is 26.3 Å². The van der Waals surface area contributed by atoms with Crippen LogP contribution in [-0.2, 0) is 12.8 Å². The minimum atomic E-state index is -0.0160. The summed E-state index contributed by atoms with van der Waals surface area (Å²) < 4.78 is 8.82. The molecule has 0 radical (unpaired) electrons. The van der Waals surface area contributed by atoms with Crippen LogP contribution >= 0.6 is 11.3 Å². The van der Waals surface area contributed by atoms with E-state index in [1.54, 1.807) is 29.3 Å². The Morgan fingerprint density at radius 3 is 2.85 bits per heavy atom. The summed E-state index contributed by atoms with van der Waals surface area (Å²) in [6.45, 7) is 2.28. The molecular formula is C19H18N4O2S. The van der Waals surface area contributed by atoms with Crippen LogP contribution in [0.15, 0.2) is 35.4 Å². The summed E-state index contributed by atoms with van der Waals surface area (Å²) >= 11 is 1.71. The number of thiophene rings is 1. The van der Waals surface area contributed by atoms with E-state index < -0.39 is 0 Å². The van der Waals surface area contributed by atoms with Crippen LogP contribution in [0.2, 0.25) is 0 Å². The average Bonchev–Trinajstić information content (AvgIpc) is 3.26. The van der Waals surface area contributed by atoms with Gasteiger partial charge in [-0.25, -0.2) is 4.57 Å². The van der Waals surface area contributed by atoms with Crippen molar-refractivity contribution in [2.75, 3.05) is 7.11 Å². The number of aryl methyl sites for hydroxylation is 1. The lowest BCUT2D eigenvalue weighted by Gasteiger charge is -2.17. The molecule has 0 N–H and O–H groups in total. The van der Waals surface area contributed by atoms with Gasteiger partial charge >= 0.3 is 0 Å². The van der Waals surface area contributed by atoms with Gasteiger partial charge in [-0.15, -0.1) is 21.5 Å². The topological polar surface area (TPSA) is 61.4 Å². The maximum atomic E-state index is 13.5. The van der Waals surface area contributed by atoms with Crippen molar-refractivity contribution in [3.63, 3.8) is 0 Å². The van der Waals surface area contributed by atoms with E-state index in [4.69, 9.17) is 4.74 Å². The van der Waals surface area contributed by atoms with E-state index in [1.807, 2.05) is 28.7 Å². The van der Waals surface area contributed by atoms with E-state index >= 15 is 0 Å². The highest BCUT2D eigenvalue weighted by molar-refractivity contribution is 7.18. The van der Waals surface area contributed by atoms with Gasteiger partial charge in [0.2, 0.25) is 5.78 Å². The van der Waals surface area contributed by atoms with Gasteiger partial charge in [0.05, 0.1) is 18.2 Å². The Hall–Kier alpha value is -2.67. The molecule has 0 bridgehead atoms. The summed E-state index contributed by atoms with van der Waals surface area (Å²) in [7, 11) is 1.63. The van der Waals surface area contributed by atoms with Crippen LogP contribution in [0.4, 0.5) is 0 Å². The molecule has 0 saturated carbocycles. The molecule has 5 rings (SSSR count). The van der Waals surface area contributed by atoms with E-state index in [2.05, 4.69) is 17.1 Å². The molecule has 1 aliphatic rings. The fourth-order valence-electron chi connectivity index (χ4n) is 3.82. The summed E-state index contributed by atoms with van der Waals surface area (Å²) in [4.78, 5) is 15.8. The first-order chi connectivity index (χ1) is 12.7. The number of rotatable bonds is 2. The van der Waals surface area contributed by atoms with Gasteiger partial charge in [0.1, 0.15) is 16.9 Å². The largest absolute Gasteiger partial charge is 0.497 e. The quantitative estimate of drug-likeness (QED) is 0.546. The highest BCUT2D eigenvalue weighted by atomic mass is 32.1. The smallest absolute Gasteiger partial charge is 0.268 e. The molecule has 0 amide bonds. The minimum Gasteiger partial charge on any atom is -0.497 e. The first kappa shape index (κ1) is 15.6. The Kier molecular flexibility index (Phi) is 3.40. The minimum absolute atomic E-state index is 0.0160. The van der Waals surface area contributed by atoms with E-state index in [0.717, 1.165) is 40.9 Å². The third kappa shape index (κ3) is 2.13. The number of hydrogen-bond acceptors (Lipinski definition) is 5. The standard InChI is InChI=1S/C19H18N4O2S/c1-11-3-8-14-15(9-11)26-18-16(14)17(24)23(19-21-20-10-22(18)19)12-4-6-13(25-2)7-5-12/h4-7,10-11H,3,8-9H2,1-2H3/t11-/m0/s1. The molecule has 0 fully saturated rings. The first-order valence-electron chi connectivity index (χ1n) is 8.71. The van der Waals surface area contributed by atoms with E-state index in [-0.39, 0.29) is 5.56 Å². The maximum absolute atomic E-state index is 13.5. The zero-order valence-corrected chi connectivity index (χ0v) is 15.4. The summed E-state index contributed by atoms with van der Waals surface area (Å²) in [5.74, 6) is 1.96. The molecule has 0 unspecified atom stereocenters. The van der Waals surface area contributed by atoms with Crippen molar-refractivity contribution in [2.24, 2.45) is 5.92 Å². The van der Waals surface area contributed by atoms with E-state index in [9.17, 15) is 4.79 Å². The molecule has 7 heteroatoms. The fourth-order valence-corrected chi connectivity index (χ4v) is 5.29. The number of hydrogen-bond donors (Lipinski definition) is 0. The van der Waals surface area contributed by atoms with Crippen molar-refractivity contribution >= 4 is 27.3 Å². The first-order valence-corrected chi connectivity index (χ1v) is 9.52. The van der Waals surface area contributed by atoms with Crippen LogP contribution in [0, 0.1) is 5.92 Å². The van der Waals surface area contributed by atoms with E-state index in [0.29, 0.717) is 11.7 Å². The van der Waals surface area contributed by atoms with Crippen LogP contribution in [0.3, 0.4) is 0 Å². The Balaban J connectivity index is 1.86. The van der Waals surface area contributed by atoms with Crippen molar-refractivity contribution in [2.45, 2.75) is 26.2 Å². The average molecular weight is 366 g/mol. The van der Waals surface area contributed by atoms with Crippen LogP contribution in [0.25, 0.3) is 21.7 Å². The van der Waals surface area contributed by atoms with Crippen LogP contribution < -0.4 is 10.3 Å². The van der Waals surface area contributed by atoms with Gasteiger partial charge in [0.15, 0.2) is 0 Å². The SMILES string of the molecule is COc1ccc(-n2c(=O)c3c4c(sc3n3cnnc23)C[C@@H](C)CC4)cc1. The van der Waals surface area contributed by atoms with Crippen molar-refractivity contribution in [1.29, 1.82) is 0 Å². The van der Waals surface area contributed by atoms with Crippen LogP contribution in [0.1, 0.15) is 23.8 Å². The molecule has 1 aliphatic carbocycles. The third-order valence-electron chi connectivity index (χ3n) is 5.19. The molecule has 1 atom stereocenters. The molecular weight excluding hydrogens is 348 g/mol. The highest BCUT2D eigenvalue weighted by Crippen LogP contribution is 2.37. The maximum Gasteiger partial charge on any atom is 0.268 e. The number of nitrogens with zero attached hydrogens (tertiary/aromatic N) is 4. The fraction of sp³-hybridized carbons (Fsp3) is 0.316. The Labute approximate surface area is 153 Å². The van der Waals surface area contributed by atoms with Crippen LogP contribution in [0.5, 0.6) is 5.75 Å². The summed E-state index contributed by atoms with van der Waals surface area (Å²) in [6, 6.07) is 7.45. The van der Waals surface area contributed by atoms with Gasteiger partial charge in [-0.1, -0.05) is 6.92 Å². The summed E-state index contributed by atoms with van der Waals surface area (Å²) in [5.41, 5.74) is 1.96. The van der Waals surface area contributed by atoms with Crippen molar-refractivity contribution in [3.05, 3.63) is 51.4 Å². The molecule has 132 valence electrons. The zero-order valence-electron chi connectivity index (χ0n) is 14.6. The lowest BCUT2D eigenvalue weighted by molar-refractivity contribution is 0.414. The lowest BCUT2D eigenvalue weighted by Crippen LogP contribution is -2.22. The molecule has 0 saturated heterocycles. The highest BCUT2D eigenvalue weighted by Gasteiger charge is 2.25. The second-order valence-electron chi connectivity index (χ2n) is 6.87. The Bertz CT molecular complexity index is 1190. The van der Waals surface area contributed by atoms with Gasteiger partial charge in [-0.3, -0.25) is 9.20 Å². The molecule has 1 aromatic carbocycles. The second-order valence-corrected chi connectivity index (χ2v) is 7.96. The predicted molar refractivity (Wildman–Crippen MR) is 102 cm³/mol. The van der Waals surface area contributed by atoms with Crippen molar-refractivity contribution < 1.29 is 4.74 Å². The third-order valence-corrected chi connectivity index (χ3v) is 6.44. The molecule has 3 aromatic heterocycles. The van der Waals surface area contributed by atoms with Gasteiger partial charge in [-0.2, -0.15) is 0 Å². The van der Waals surface area contributed by atoms with Gasteiger partial charge in [0.25, 0.3) is 5.56 Å². The molecule has 0 spiro atoms. The number of aromatic nitrogens is 4. The number of benzene rings is 1. The summed E-state index contributed by atoms with van der Waals surface area (Å²) in [5, 5.41) is 9.11. The Morgan fingerprint density at radius 1 is 1.27 bits per heavy atom. The van der Waals surface area contributed by atoms with Crippen molar-refractivity contribution in [1.82, 2.24) is 19.2 Å². The number of fused-ring (bicyclic) bond motifs is 5. The number of ether oxygens (including phenoxy) is 1. The zero-order chi connectivity index (χ0) is 17.8. The van der Waals surface area contributed by atoms with E-state index in [1.165, 1.54) is 10.4 Å². The van der Waals surface area contributed by atoms with Gasteiger partial charge < -0.3 is 4.74 Å². The molecule has 0 aliphatic heterocycles. The van der Waals surface area contributed by atoms with Crippen molar-refractivity contribution in [3.8, 4) is 11.4 Å². The summed E-state index contributed by atoms with van der Waals surface area (Å²) in [6.07, 6.45) is 4.83. The number of methoxy groups -OCH3 is 1. The van der Waals surface area contributed by atoms with Gasteiger partial charge in [-0.05, 0) is 55.0 Å². The second kappa shape index (κ2) is 5.67. The monoisotopic (exact) mass is 366 g/mol. The molecule has 3 heterocycles.